The first-order valence-electron chi connectivity index (χ1n) is 8.13. The van der Waals surface area contributed by atoms with Crippen LogP contribution >= 0.6 is 0 Å². The van der Waals surface area contributed by atoms with Crippen LogP contribution in [0.25, 0.3) is 0 Å². The Morgan fingerprint density at radius 1 is 1.38 bits per heavy atom. The van der Waals surface area contributed by atoms with Gasteiger partial charge in [0.15, 0.2) is 0 Å². The molecule has 3 rings (SSSR count). The predicted octanol–water partition coefficient (Wildman–Crippen LogP) is 0.818. The zero-order valence-corrected chi connectivity index (χ0v) is 12.7. The first kappa shape index (κ1) is 14.6. The number of carbonyl (C=O) groups is 2. The minimum atomic E-state index is -0.108. The largest absolute Gasteiger partial charge is 0.375 e. The van der Waals surface area contributed by atoms with Crippen molar-refractivity contribution in [3.8, 4) is 0 Å². The van der Waals surface area contributed by atoms with E-state index in [9.17, 15) is 9.59 Å². The Balaban J connectivity index is 1.38. The van der Waals surface area contributed by atoms with Gasteiger partial charge in [-0.2, -0.15) is 0 Å². The fraction of sp³-hybridized carbons (Fsp3) is 0.867. The molecule has 0 aromatic rings. The van der Waals surface area contributed by atoms with Crippen molar-refractivity contribution >= 4 is 11.9 Å². The fourth-order valence-corrected chi connectivity index (χ4v) is 3.74. The minimum Gasteiger partial charge on any atom is -0.375 e. The summed E-state index contributed by atoms with van der Waals surface area (Å²) in [5.74, 6) is 0.642. The van der Waals surface area contributed by atoms with Crippen molar-refractivity contribution in [2.75, 3.05) is 32.7 Å². The van der Waals surface area contributed by atoms with Gasteiger partial charge in [0.25, 0.3) is 0 Å². The maximum absolute atomic E-state index is 12.1. The van der Waals surface area contributed by atoms with Gasteiger partial charge in [0.2, 0.25) is 5.91 Å². The van der Waals surface area contributed by atoms with E-state index in [0.717, 1.165) is 19.4 Å². The topological polar surface area (TPSA) is 61.9 Å². The van der Waals surface area contributed by atoms with E-state index in [0.29, 0.717) is 37.8 Å². The Hall–Kier alpha value is -1.30. The molecule has 0 aliphatic carbocycles. The number of rotatable bonds is 4. The number of nitrogens with zero attached hydrogens (tertiary/aromatic N) is 2. The molecule has 0 spiro atoms. The van der Waals surface area contributed by atoms with Gasteiger partial charge in [0.05, 0.1) is 12.2 Å². The van der Waals surface area contributed by atoms with Crippen molar-refractivity contribution in [2.45, 2.75) is 44.8 Å². The Labute approximate surface area is 125 Å². The standard InChI is InChI=1S/C15H25N3O3/c1-2-17-7-8-18(10-14(17)19)15(20)16-6-5-11-9-12-3-4-13(11)21-12/h11-13H,2-10H2,1H3,(H,16,20). The molecule has 0 radical (unpaired) electrons. The van der Waals surface area contributed by atoms with E-state index in [1.54, 1.807) is 9.80 Å². The van der Waals surface area contributed by atoms with E-state index >= 15 is 0 Å². The molecular formula is C15H25N3O3. The van der Waals surface area contributed by atoms with Gasteiger partial charge in [-0.1, -0.05) is 0 Å². The monoisotopic (exact) mass is 295 g/mol. The smallest absolute Gasteiger partial charge is 0.317 e. The molecule has 3 aliphatic rings. The molecule has 3 saturated heterocycles. The summed E-state index contributed by atoms with van der Waals surface area (Å²) < 4.78 is 5.82. The highest BCUT2D eigenvalue weighted by atomic mass is 16.5. The van der Waals surface area contributed by atoms with Crippen LogP contribution < -0.4 is 5.32 Å². The molecule has 6 heteroatoms. The molecule has 0 aromatic heterocycles. The number of urea groups is 1. The molecule has 3 atom stereocenters. The molecule has 1 N–H and O–H groups in total. The van der Waals surface area contributed by atoms with Gasteiger partial charge >= 0.3 is 6.03 Å². The van der Waals surface area contributed by atoms with Gasteiger partial charge in [-0.3, -0.25) is 4.79 Å². The molecular weight excluding hydrogens is 270 g/mol. The SMILES string of the molecule is CCN1CCN(C(=O)NCCC2CC3CCC2O3)CC1=O. The summed E-state index contributed by atoms with van der Waals surface area (Å²) >= 11 is 0. The highest BCUT2D eigenvalue weighted by Crippen LogP contribution is 2.40. The van der Waals surface area contributed by atoms with Crippen molar-refractivity contribution in [1.82, 2.24) is 15.1 Å². The van der Waals surface area contributed by atoms with Crippen LogP contribution in [0, 0.1) is 5.92 Å². The number of amides is 3. The zero-order chi connectivity index (χ0) is 14.8. The molecule has 3 aliphatic heterocycles. The second-order valence-electron chi connectivity index (χ2n) is 6.29. The lowest BCUT2D eigenvalue weighted by Gasteiger charge is -2.33. The minimum absolute atomic E-state index is 0.0420. The summed E-state index contributed by atoms with van der Waals surface area (Å²) in [4.78, 5) is 27.3. The summed E-state index contributed by atoms with van der Waals surface area (Å²) in [5.41, 5.74) is 0. The first-order valence-corrected chi connectivity index (χ1v) is 8.13. The number of fused-ring (bicyclic) bond motifs is 2. The van der Waals surface area contributed by atoms with Gasteiger partial charge in [-0.05, 0) is 38.5 Å². The molecule has 21 heavy (non-hydrogen) atoms. The van der Waals surface area contributed by atoms with Crippen LogP contribution in [0.5, 0.6) is 0 Å². The Bertz CT molecular complexity index is 415. The van der Waals surface area contributed by atoms with Gasteiger partial charge in [-0.25, -0.2) is 4.79 Å². The molecule has 3 amide bonds. The fourth-order valence-electron chi connectivity index (χ4n) is 3.74. The lowest BCUT2D eigenvalue weighted by Crippen LogP contribution is -2.54. The summed E-state index contributed by atoms with van der Waals surface area (Å²) in [6, 6.07) is -0.108. The normalized spacial score (nSPS) is 31.9. The summed E-state index contributed by atoms with van der Waals surface area (Å²) in [6.45, 7) is 4.84. The number of hydrogen-bond donors (Lipinski definition) is 1. The first-order chi connectivity index (χ1) is 10.2. The van der Waals surface area contributed by atoms with Crippen molar-refractivity contribution in [3.05, 3.63) is 0 Å². The van der Waals surface area contributed by atoms with Crippen LogP contribution in [0.3, 0.4) is 0 Å². The average Bonchev–Trinajstić information content (AvgIpc) is 3.09. The Morgan fingerprint density at radius 2 is 2.24 bits per heavy atom. The van der Waals surface area contributed by atoms with E-state index in [4.69, 9.17) is 4.74 Å². The number of likely N-dealkylation sites (N-methyl/N-ethyl adjacent to an activating group) is 1. The third kappa shape index (κ3) is 3.15. The van der Waals surface area contributed by atoms with E-state index in [1.165, 1.54) is 12.8 Å². The van der Waals surface area contributed by atoms with Gasteiger partial charge in [-0.15, -0.1) is 0 Å². The van der Waals surface area contributed by atoms with Crippen LogP contribution in [0.1, 0.15) is 32.6 Å². The predicted molar refractivity (Wildman–Crippen MR) is 77.8 cm³/mol. The maximum atomic E-state index is 12.1. The van der Waals surface area contributed by atoms with E-state index < -0.39 is 0 Å². The molecule has 6 nitrogen and oxygen atoms in total. The molecule has 2 bridgehead atoms. The number of nitrogens with one attached hydrogen (secondary N) is 1. The Morgan fingerprint density at radius 3 is 2.86 bits per heavy atom. The van der Waals surface area contributed by atoms with Crippen LogP contribution in [0.4, 0.5) is 4.79 Å². The highest BCUT2D eigenvalue weighted by molar-refractivity contribution is 5.85. The summed E-state index contributed by atoms with van der Waals surface area (Å²) in [7, 11) is 0. The number of ether oxygens (including phenoxy) is 1. The van der Waals surface area contributed by atoms with E-state index in [-0.39, 0.29) is 18.5 Å². The molecule has 3 unspecified atom stereocenters. The van der Waals surface area contributed by atoms with Crippen LogP contribution in [0.15, 0.2) is 0 Å². The van der Waals surface area contributed by atoms with Crippen LogP contribution in [-0.4, -0.2) is 66.7 Å². The maximum Gasteiger partial charge on any atom is 0.317 e. The number of piperazine rings is 1. The zero-order valence-electron chi connectivity index (χ0n) is 12.7. The lowest BCUT2D eigenvalue weighted by molar-refractivity contribution is -0.134. The molecule has 3 heterocycles. The Kier molecular flexibility index (Phi) is 4.33. The van der Waals surface area contributed by atoms with Crippen molar-refractivity contribution in [1.29, 1.82) is 0 Å². The lowest BCUT2D eigenvalue weighted by atomic mass is 9.87. The van der Waals surface area contributed by atoms with E-state index in [1.807, 2.05) is 6.92 Å². The van der Waals surface area contributed by atoms with Gasteiger partial charge < -0.3 is 19.9 Å². The van der Waals surface area contributed by atoms with E-state index in [2.05, 4.69) is 5.32 Å². The highest BCUT2D eigenvalue weighted by Gasteiger charge is 2.40. The van der Waals surface area contributed by atoms with Gasteiger partial charge in [0.1, 0.15) is 6.54 Å². The summed E-state index contributed by atoms with van der Waals surface area (Å²) in [6.07, 6.45) is 5.40. The van der Waals surface area contributed by atoms with Crippen LogP contribution in [-0.2, 0) is 9.53 Å². The van der Waals surface area contributed by atoms with Crippen LogP contribution in [0.2, 0.25) is 0 Å². The third-order valence-electron chi connectivity index (χ3n) is 5.01. The average molecular weight is 295 g/mol. The molecule has 0 saturated carbocycles. The third-order valence-corrected chi connectivity index (χ3v) is 5.01. The quantitative estimate of drug-likeness (QED) is 0.835. The van der Waals surface area contributed by atoms with Gasteiger partial charge in [0, 0.05) is 26.2 Å². The second-order valence-corrected chi connectivity index (χ2v) is 6.29. The molecule has 0 aromatic carbocycles. The summed E-state index contributed by atoms with van der Waals surface area (Å²) in [5, 5.41) is 2.95. The molecule has 118 valence electrons. The number of hydrogen-bond acceptors (Lipinski definition) is 3. The molecule has 3 fully saturated rings. The van der Waals surface area contributed by atoms with Crippen molar-refractivity contribution in [2.24, 2.45) is 5.92 Å². The van der Waals surface area contributed by atoms with Crippen molar-refractivity contribution < 1.29 is 14.3 Å². The second kappa shape index (κ2) is 6.22. The van der Waals surface area contributed by atoms with Crippen molar-refractivity contribution in [3.63, 3.8) is 0 Å². The number of carbonyl (C=O) groups excluding carboxylic acids is 2.